The molecule has 2 heterocycles. The molecule has 0 spiro atoms. The van der Waals surface area contributed by atoms with Crippen LogP contribution in [0.1, 0.15) is 25.3 Å². The van der Waals surface area contributed by atoms with Crippen LogP contribution in [0.5, 0.6) is 5.75 Å². The number of carbonyl (C=O) groups is 1. The Bertz CT molecular complexity index is 735. The maximum absolute atomic E-state index is 12.1. The zero-order chi connectivity index (χ0) is 15.7. The predicted octanol–water partition coefficient (Wildman–Crippen LogP) is 3.24. The highest BCUT2D eigenvalue weighted by Gasteiger charge is 2.27. The van der Waals surface area contributed by atoms with E-state index in [0.717, 1.165) is 35.6 Å². The lowest BCUT2D eigenvalue weighted by Gasteiger charge is -2.20. The van der Waals surface area contributed by atoms with Crippen LogP contribution in [0.2, 0.25) is 0 Å². The Morgan fingerprint density at radius 1 is 1.36 bits per heavy atom. The van der Waals surface area contributed by atoms with Crippen molar-refractivity contribution in [1.82, 2.24) is 5.43 Å². The number of amides is 1. The molecule has 2 aliphatic rings. The predicted molar refractivity (Wildman–Crippen MR) is 88.0 cm³/mol. The Morgan fingerprint density at radius 3 is 2.91 bits per heavy atom. The molecule has 0 saturated carbocycles. The second-order valence-electron chi connectivity index (χ2n) is 5.07. The molecule has 22 heavy (non-hydrogen) atoms. The van der Waals surface area contributed by atoms with Gasteiger partial charge in [-0.3, -0.25) is 4.79 Å². The summed E-state index contributed by atoms with van der Waals surface area (Å²) in [5.41, 5.74) is 6.19. The van der Waals surface area contributed by atoms with Crippen molar-refractivity contribution < 1.29 is 9.53 Å². The highest BCUT2D eigenvalue weighted by atomic mass is 35.5. The SMILES string of the molecule is CCCC1=NNC(=O)C1=C1C=C(Cl)c2cc(OC)ccc2N1. The lowest BCUT2D eigenvalue weighted by Crippen LogP contribution is -2.19. The van der Waals surface area contributed by atoms with Gasteiger partial charge in [-0.25, -0.2) is 5.43 Å². The van der Waals surface area contributed by atoms with Crippen LogP contribution in [0.25, 0.3) is 5.03 Å². The van der Waals surface area contributed by atoms with Gasteiger partial charge in [-0.2, -0.15) is 5.10 Å². The van der Waals surface area contributed by atoms with Crippen molar-refractivity contribution in [2.45, 2.75) is 19.8 Å². The first kappa shape index (κ1) is 14.7. The molecule has 2 aliphatic heterocycles. The summed E-state index contributed by atoms with van der Waals surface area (Å²) in [5, 5.41) is 7.92. The lowest BCUT2D eigenvalue weighted by atomic mass is 10.00. The molecule has 0 aromatic heterocycles. The minimum Gasteiger partial charge on any atom is -0.497 e. The van der Waals surface area contributed by atoms with Crippen LogP contribution < -0.4 is 15.5 Å². The third-order valence-electron chi connectivity index (χ3n) is 3.59. The molecule has 3 rings (SSSR count). The summed E-state index contributed by atoms with van der Waals surface area (Å²) in [7, 11) is 1.61. The van der Waals surface area contributed by atoms with E-state index < -0.39 is 0 Å². The van der Waals surface area contributed by atoms with Gasteiger partial charge >= 0.3 is 0 Å². The first-order chi connectivity index (χ1) is 10.6. The number of allylic oxidation sites excluding steroid dienone is 1. The van der Waals surface area contributed by atoms with Gasteiger partial charge in [0.25, 0.3) is 5.91 Å². The third kappa shape index (κ3) is 2.48. The fraction of sp³-hybridized carbons (Fsp3) is 0.250. The van der Waals surface area contributed by atoms with E-state index in [1.165, 1.54) is 0 Å². The van der Waals surface area contributed by atoms with Crippen LogP contribution in [0.3, 0.4) is 0 Å². The van der Waals surface area contributed by atoms with Crippen molar-refractivity contribution in [3.8, 4) is 5.75 Å². The molecule has 0 fully saturated rings. The van der Waals surface area contributed by atoms with Crippen LogP contribution >= 0.6 is 11.6 Å². The van der Waals surface area contributed by atoms with E-state index in [0.29, 0.717) is 16.3 Å². The molecule has 0 bridgehead atoms. The molecule has 1 amide bonds. The standard InChI is InChI=1S/C16H16ClN3O2/c1-3-4-13-15(16(21)20-19-13)14-8-11(17)10-7-9(22-2)5-6-12(10)18-14/h5-8,18H,3-4H2,1-2H3,(H,20,21). The lowest BCUT2D eigenvalue weighted by molar-refractivity contribution is -0.116. The maximum Gasteiger partial charge on any atom is 0.275 e. The van der Waals surface area contributed by atoms with E-state index in [1.54, 1.807) is 13.2 Å². The van der Waals surface area contributed by atoms with Gasteiger partial charge in [0.05, 0.1) is 29.1 Å². The molecule has 0 saturated heterocycles. The highest BCUT2D eigenvalue weighted by Crippen LogP contribution is 2.37. The van der Waals surface area contributed by atoms with Crippen molar-refractivity contribution in [3.05, 3.63) is 41.1 Å². The number of anilines is 1. The van der Waals surface area contributed by atoms with Crippen molar-refractivity contribution in [2.75, 3.05) is 12.4 Å². The number of benzene rings is 1. The fourth-order valence-electron chi connectivity index (χ4n) is 2.53. The summed E-state index contributed by atoms with van der Waals surface area (Å²) in [6.45, 7) is 2.05. The van der Waals surface area contributed by atoms with Gasteiger partial charge < -0.3 is 10.1 Å². The molecule has 0 unspecified atom stereocenters. The first-order valence-electron chi connectivity index (χ1n) is 7.08. The van der Waals surface area contributed by atoms with Gasteiger partial charge in [-0.15, -0.1) is 0 Å². The Morgan fingerprint density at radius 2 is 2.18 bits per heavy atom. The molecule has 1 aromatic carbocycles. The van der Waals surface area contributed by atoms with E-state index in [2.05, 4.69) is 15.8 Å². The second kappa shape index (κ2) is 5.85. The number of fused-ring (bicyclic) bond motifs is 1. The first-order valence-corrected chi connectivity index (χ1v) is 7.46. The van der Waals surface area contributed by atoms with Crippen molar-refractivity contribution >= 4 is 33.9 Å². The van der Waals surface area contributed by atoms with Gasteiger partial charge in [-0.1, -0.05) is 24.9 Å². The van der Waals surface area contributed by atoms with Gasteiger partial charge in [0.1, 0.15) is 5.75 Å². The summed E-state index contributed by atoms with van der Waals surface area (Å²) >= 11 is 6.38. The van der Waals surface area contributed by atoms with Crippen LogP contribution in [-0.4, -0.2) is 18.7 Å². The normalized spacial score (nSPS) is 19.9. The highest BCUT2D eigenvalue weighted by molar-refractivity contribution is 6.50. The number of ether oxygens (including phenoxy) is 1. The molecule has 0 radical (unpaired) electrons. The average molecular weight is 318 g/mol. The number of methoxy groups -OCH3 is 1. The summed E-state index contributed by atoms with van der Waals surface area (Å²) in [4.78, 5) is 12.1. The molecule has 5 nitrogen and oxygen atoms in total. The molecule has 0 aliphatic carbocycles. The fourth-order valence-corrected chi connectivity index (χ4v) is 2.80. The number of hydrogen-bond donors (Lipinski definition) is 2. The van der Waals surface area contributed by atoms with Crippen LogP contribution in [-0.2, 0) is 4.79 Å². The number of nitrogens with one attached hydrogen (secondary N) is 2. The molecule has 6 heteroatoms. The Labute approximate surface area is 133 Å². The minimum atomic E-state index is -0.205. The summed E-state index contributed by atoms with van der Waals surface area (Å²) in [5.74, 6) is 0.527. The maximum atomic E-state index is 12.1. The van der Waals surface area contributed by atoms with Crippen molar-refractivity contribution in [3.63, 3.8) is 0 Å². The zero-order valence-electron chi connectivity index (χ0n) is 12.4. The number of carbonyl (C=O) groups excluding carboxylic acids is 1. The summed E-state index contributed by atoms with van der Waals surface area (Å²) in [6, 6.07) is 5.59. The van der Waals surface area contributed by atoms with E-state index in [-0.39, 0.29) is 5.91 Å². The van der Waals surface area contributed by atoms with E-state index in [4.69, 9.17) is 16.3 Å². The summed E-state index contributed by atoms with van der Waals surface area (Å²) in [6.07, 6.45) is 3.41. The van der Waals surface area contributed by atoms with E-state index in [9.17, 15) is 4.79 Å². The monoisotopic (exact) mass is 317 g/mol. The van der Waals surface area contributed by atoms with E-state index >= 15 is 0 Å². The molecule has 1 aromatic rings. The third-order valence-corrected chi connectivity index (χ3v) is 3.90. The number of hydrogen-bond acceptors (Lipinski definition) is 4. The Hall–Kier alpha value is -2.27. The van der Waals surface area contributed by atoms with Crippen LogP contribution in [0, 0.1) is 0 Å². The zero-order valence-corrected chi connectivity index (χ0v) is 13.1. The number of nitrogens with zero attached hydrogens (tertiary/aromatic N) is 1. The average Bonchev–Trinajstić information content (AvgIpc) is 2.88. The minimum absolute atomic E-state index is 0.205. The molecular formula is C16H16ClN3O2. The Balaban J connectivity index is 2.05. The second-order valence-corrected chi connectivity index (χ2v) is 5.47. The number of hydrazone groups is 1. The number of halogens is 1. The molecule has 114 valence electrons. The molecule has 0 atom stereocenters. The van der Waals surface area contributed by atoms with Gasteiger partial charge in [0.15, 0.2) is 0 Å². The van der Waals surface area contributed by atoms with E-state index in [1.807, 2.05) is 25.1 Å². The van der Waals surface area contributed by atoms with Crippen LogP contribution in [0.15, 0.2) is 40.6 Å². The number of rotatable bonds is 3. The smallest absolute Gasteiger partial charge is 0.275 e. The van der Waals surface area contributed by atoms with Gasteiger partial charge in [0, 0.05) is 11.3 Å². The summed E-state index contributed by atoms with van der Waals surface area (Å²) < 4.78 is 5.21. The van der Waals surface area contributed by atoms with Crippen LogP contribution in [0.4, 0.5) is 5.69 Å². The largest absolute Gasteiger partial charge is 0.497 e. The Kier molecular flexibility index (Phi) is 3.90. The van der Waals surface area contributed by atoms with Crippen molar-refractivity contribution in [1.29, 1.82) is 0 Å². The molecular weight excluding hydrogens is 302 g/mol. The van der Waals surface area contributed by atoms with Gasteiger partial charge in [0.2, 0.25) is 0 Å². The topological polar surface area (TPSA) is 62.7 Å². The quantitative estimate of drug-likeness (QED) is 0.841. The van der Waals surface area contributed by atoms with Gasteiger partial charge in [-0.05, 0) is 30.7 Å². The van der Waals surface area contributed by atoms with Crippen molar-refractivity contribution in [2.24, 2.45) is 5.10 Å². The molecule has 2 N–H and O–H groups in total.